The van der Waals surface area contributed by atoms with Gasteiger partial charge in [0, 0.05) is 6.42 Å². The lowest BCUT2D eigenvalue weighted by atomic mass is 10.0. The van der Waals surface area contributed by atoms with Gasteiger partial charge >= 0.3 is 0 Å². The molecule has 0 saturated carbocycles. The van der Waals surface area contributed by atoms with E-state index in [-0.39, 0.29) is 0 Å². The third-order valence-electron chi connectivity index (χ3n) is 3.34. The summed E-state index contributed by atoms with van der Waals surface area (Å²) in [5, 5.41) is 0. The van der Waals surface area contributed by atoms with Crippen molar-refractivity contribution in [1.82, 2.24) is 0 Å². The number of nitrogens with zero attached hydrogens (tertiary/aromatic N) is 1. The lowest BCUT2D eigenvalue weighted by Crippen LogP contribution is -2.04. The van der Waals surface area contributed by atoms with Gasteiger partial charge in [-0.1, -0.05) is 78.9 Å². The zero-order valence-corrected chi connectivity index (χ0v) is 11.8. The van der Waals surface area contributed by atoms with Gasteiger partial charge in [0.25, 0.3) is 0 Å². The number of hydrogen-bond acceptors (Lipinski definition) is 1. The molecule has 0 saturated heterocycles. The highest BCUT2D eigenvalue weighted by Crippen LogP contribution is 2.16. The maximum atomic E-state index is 4.84. The van der Waals surface area contributed by atoms with E-state index in [0.29, 0.717) is 0 Å². The van der Waals surface area contributed by atoms with Gasteiger partial charge in [-0.25, -0.2) is 0 Å². The fourth-order valence-electron chi connectivity index (χ4n) is 2.28. The second kappa shape index (κ2) is 6.67. The van der Waals surface area contributed by atoms with Gasteiger partial charge in [0.1, 0.15) is 0 Å². The highest BCUT2D eigenvalue weighted by atomic mass is 14.7. The first-order valence-electron chi connectivity index (χ1n) is 7.14. The Morgan fingerprint density at radius 2 is 1.14 bits per heavy atom. The Labute approximate surface area is 125 Å². The molecule has 0 spiro atoms. The maximum Gasteiger partial charge on any atom is 0.0633 e. The van der Waals surface area contributed by atoms with E-state index in [1.165, 1.54) is 11.1 Å². The molecule has 0 amide bonds. The monoisotopic (exact) mass is 271 g/mol. The number of aliphatic imine (C=N–C) groups is 1. The van der Waals surface area contributed by atoms with Crippen molar-refractivity contribution in [2.45, 2.75) is 6.42 Å². The fraction of sp³-hybridized carbons (Fsp3) is 0.0500. The highest BCUT2D eigenvalue weighted by molar-refractivity contribution is 6.03. The quantitative estimate of drug-likeness (QED) is 0.589. The molecule has 0 radical (unpaired) electrons. The summed E-state index contributed by atoms with van der Waals surface area (Å²) in [7, 11) is 0. The van der Waals surface area contributed by atoms with E-state index in [2.05, 4.69) is 48.5 Å². The number of rotatable bonds is 4. The number of benzene rings is 3. The molecule has 0 bridgehead atoms. The Hall–Kier alpha value is -2.67. The van der Waals surface area contributed by atoms with Gasteiger partial charge in [-0.2, -0.15) is 0 Å². The Morgan fingerprint density at radius 1 is 0.619 bits per heavy atom. The van der Waals surface area contributed by atoms with Crippen molar-refractivity contribution < 1.29 is 0 Å². The van der Waals surface area contributed by atoms with Crippen LogP contribution >= 0.6 is 0 Å². The van der Waals surface area contributed by atoms with Crippen LogP contribution < -0.4 is 0 Å². The minimum Gasteiger partial charge on any atom is -0.252 e. The van der Waals surface area contributed by atoms with Gasteiger partial charge in [-0.3, -0.25) is 4.99 Å². The summed E-state index contributed by atoms with van der Waals surface area (Å²) in [5.74, 6) is 0. The van der Waals surface area contributed by atoms with Crippen LogP contribution in [0.4, 0.5) is 5.69 Å². The van der Waals surface area contributed by atoms with Crippen molar-refractivity contribution in [3.05, 3.63) is 102 Å². The zero-order valence-electron chi connectivity index (χ0n) is 11.8. The first-order chi connectivity index (χ1) is 10.4. The van der Waals surface area contributed by atoms with Crippen molar-refractivity contribution in [2.24, 2.45) is 4.99 Å². The molecule has 3 aromatic rings. The molecule has 0 aliphatic carbocycles. The molecule has 1 nitrogen and oxygen atoms in total. The van der Waals surface area contributed by atoms with E-state index < -0.39 is 0 Å². The third-order valence-corrected chi connectivity index (χ3v) is 3.34. The average molecular weight is 271 g/mol. The molecule has 0 fully saturated rings. The molecule has 3 rings (SSSR count). The van der Waals surface area contributed by atoms with E-state index in [9.17, 15) is 0 Å². The normalized spacial score (nSPS) is 11.3. The zero-order chi connectivity index (χ0) is 14.3. The minimum atomic E-state index is 0.833. The molecule has 0 atom stereocenters. The molecule has 0 aromatic heterocycles. The summed E-state index contributed by atoms with van der Waals surface area (Å²) >= 11 is 0. The summed E-state index contributed by atoms with van der Waals surface area (Å²) in [6.07, 6.45) is 0.833. The molecule has 21 heavy (non-hydrogen) atoms. The van der Waals surface area contributed by atoms with Crippen LogP contribution in [0.3, 0.4) is 0 Å². The Bertz CT molecular complexity index is 701. The van der Waals surface area contributed by atoms with Crippen molar-refractivity contribution in [1.29, 1.82) is 0 Å². The van der Waals surface area contributed by atoms with E-state index in [1.807, 2.05) is 42.5 Å². The summed E-state index contributed by atoms with van der Waals surface area (Å²) < 4.78 is 0. The van der Waals surface area contributed by atoms with E-state index in [0.717, 1.165) is 17.8 Å². The molecule has 3 aromatic carbocycles. The van der Waals surface area contributed by atoms with Crippen molar-refractivity contribution in [3.63, 3.8) is 0 Å². The lowest BCUT2D eigenvalue weighted by molar-refractivity contribution is 1.30. The van der Waals surface area contributed by atoms with Crippen molar-refractivity contribution in [3.8, 4) is 0 Å². The van der Waals surface area contributed by atoms with E-state index in [1.54, 1.807) is 0 Å². The van der Waals surface area contributed by atoms with Crippen LogP contribution in [0.2, 0.25) is 0 Å². The minimum absolute atomic E-state index is 0.833. The average Bonchev–Trinajstić information content (AvgIpc) is 2.57. The smallest absolute Gasteiger partial charge is 0.0633 e. The molecule has 0 aliphatic rings. The van der Waals surface area contributed by atoms with Crippen LogP contribution in [-0.2, 0) is 6.42 Å². The van der Waals surface area contributed by atoms with Crippen LogP contribution in [0, 0.1) is 0 Å². The summed E-state index contributed by atoms with van der Waals surface area (Å²) in [6, 6.07) is 31.0. The van der Waals surface area contributed by atoms with E-state index >= 15 is 0 Å². The van der Waals surface area contributed by atoms with Crippen LogP contribution in [0.1, 0.15) is 11.1 Å². The molecule has 0 aliphatic heterocycles. The van der Waals surface area contributed by atoms with Gasteiger partial charge < -0.3 is 0 Å². The fourth-order valence-corrected chi connectivity index (χ4v) is 2.28. The number of hydrogen-bond donors (Lipinski definition) is 0. The summed E-state index contributed by atoms with van der Waals surface area (Å²) in [5.41, 5.74) is 4.53. The first-order valence-corrected chi connectivity index (χ1v) is 7.14. The van der Waals surface area contributed by atoms with Crippen molar-refractivity contribution in [2.75, 3.05) is 0 Å². The summed E-state index contributed by atoms with van der Waals surface area (Å²) in [4.78, 5) is 4.84. The van der Waals surface area contributed by atoms with Gasteiger partial charge in [0.05, 0.1) is 11.4 Å². The molecular weight excluding hydrogens is 254 g/mol. The van der Waals surface area contributed by atoms with E-state index in [4.69, 9.17) is 4.99 Å². The lowest BCUT2D eigenvalue weighted by Gasteiger charge is -2.07. The largest absolute Gasteiger partial charge is 0.252 e. The molecule has 0 N–H and O–H groups in total. The maximum absolute atomic E-state index is 4.84. The summed E-state index contributed by atoms with van der Waals surface area (Å²) in [6.45, 7) is 0. The van der Waals surface area contributed by atoms with Crippen LogP contribution in [0.15, 0.2) is 96.0 Å². The van der Waals surface area contributed by atoms with Gasteiger partial charge in [-0.15, -0.1) is 0 Å². The molecule has 0 heterocycles. The predicted octanol–water partition coefficient (Wildman–Crippen LogP) is 5.05. The predicted molar refractivity (Wildman–Crippen MR) is 89.2 cm³/mol. The third kappa shape index (κ3) is 3.67. The van der Waals surface area contributed by atoms with Crippen molar-refractivity contribution >= 4 is 11.4 Å². The van der Waals surface area contributed by atoms with Gasteiger partial charge in [0.15, 0.2) is 0 Å². The van der Waals surface area contributed by atoms with Crippen LogP contribution in [-0.4, -0.2) is 5.71 Å². The SMILES string of the molecule is c1ccc(CC(=Nc2ccccc2)c2ccccc2)cc1. The Balaban J connectivity index is 1.97. The number of para-hydroxylation sites is 1. The highest BCUT2D eigenvalue weighted by Gasteiger charge is 2.05. The van der Waals surface area contributed by atoms with Crippen LogP contribution in [0.25, 0.3) is 0 Å². The Morgan fingerprint density at radius 3 is 1.76 bits per heavy atom. The second-order valence-corrected chi connectivity index (χ2v) is 4.92. The molecule has 0 unspecified atom stereocenters. The van der Waals surface area contributed by atoms with Gasteiger partial charge in [-0.05, 0) is 23.3 Å². The molecular formula is C20H17N. The standard InChI is InChI=1S/C20H17N/c1-4-10-17(11-5-1)16-20(18-12-6-2-7-13-18)21-19-14-8-3-9-15-19/h1-15H,16H2. The first kappa shape index (κ1) is 13.3. The topological polar surface area (TPSA) is 12.4 Å². The molecule has 1 heteroatoms. The Kier molecular flexibility index (Phi) is 4.23. The molecule has 102 valence electrons. The van der Waals surface area contributed by atoms with Gasteiger partial charge in [0.2, 0.25) is 0 Å². The van der Waals surface area contributed by atoms with Crippen LogP contribution in [0.5, 0.6) is 0 Å². The second-order valence-electron chi connectivity index (χ2n) is 4.92.